The number of hydrogen-bond acceptors (Lipinski definition) is 6. The number of nitrogens with one attached hydrogen (secondary N) is 1. The van der Waals surface area contributed by atoms with Crippen LogP contribution in [0.5, 0.6) is 0 Å². The molecule has 1 N–H and O–H groups in total. The Morgan fingerprint density at radius 1 is 1.15 bits per heavy atom. The molecule has 0 spiro atoms. The molecule has 178 valence electrons. The Balaban J connectivity index is 1.80. The summed E-state index contributed by atoms with van der Waals surface area (Å²) in [6.45, 7) is 3.07. The zero-order valence-corrected chi connectivity index (χ0v) is 19.4. The Bertz CT molecular complexity index is 1290. The molecule has 1 amide bonds. The summed E-state index contributed by atoms with van der Waals surface area (Å²) >= 11 is 0. The van der Waals surface area contributed by atoms with Crippen LogP contribution in [0.1, 0.15) is 34.3 Å². The van der Waals surface area contributed by atoms with E-state index in [1.165, 1.54) is 23.1 Å². The van der Waals surface area contributed by atoms with E-state index >= 15 is 0 Å². The van der Waals surface area contributed by atoms with Gasteiger partial charge in [-0.1, -0.05) is 12.1 Å². The second kappa shape index (κ2) is 8.85. The third-order valence-electron chi connectivity index (χ3n) is 6.72. The maximum Gasteiger partial charge on any atom is 0.253 e. The molecular formula is C26H28FN3O4. The lowest BCUT2D eigenvalue weighted by atomic mass is 9.80. The fourth-order valence-corrected chi connectivity index (χ4v) is 5.01. The van der Waals surface area contributed by atoms with Crippen molar-refractivity contribution in [2.75, 3.05) is 51.8 Å². The number of carbonyl (C=O) groups is 1. The van der Waals surface area contributed by atoms with Gasteiger partial charge in [0.05, 0.1) is 24.1 Å². The molecule has 3 aromatic rings. The first-order chi connectivity index (χ1) is 16.4. The lowest BCUT2D eigenvalue weighted by molar-refractivity contribution is 0.0827. The highest BCUT2D eigenvalue weighted by Crippen LogP contribution is 2.42. The molecular weight excluding hydrogens is 437 g/mol. The van der Waals surface area contributed by atoms with E-state index in [0.29, 0.717) is 60.7 Å². The van der Waals surface area contributed by atoms with Crippen molar-refractivity contribution < 1.29 is 18.3 Å². The number of carbonyl (C=O) groups excluding carboxylic acids is 1. The molecule has 0 saturated carbocycles. The normalized spacial score (nSPS) is 20.6. The molecule has 8 heteroatoms. The Hall–Kier alpha value is -3.23. The second-order valence-electron chi connectivity index (χ2n) is 9.09. The van der Waals surface area contributed by atoms with Crippen LogP contribution in [-0.4, -0.2) is 57.8 Å². The molecule has 1 atom stereocenters. The fraction of sp³-hybridized carbons (Fsp3) is 0.385. The van der Waals surface area contributed by atoms with Gasteiger partial charge in [0.1, 0.15) is 11.4 Å². The van der Waals surface area contributed by atoms with E-state index in [1.54, 1.807) is 32.3 Å². The molecule has 34 heavy (non-hydrogen) atoms. The van der Waals surface area contributed by atoms with Gasteiger partial charge in [0.15, 0.2) is 11.3 Å². The third kappa shape index (κ3) is 3.86. The van der Waals surface area contributed by atoms with E-state index in [-0.39, 0.29) is 17.2 Å². The van der Waals surface area contributed by atoms with Gasteiger partial charge in [-0.05, 0) is 49.2 Å². The van der Waals surface area contributed by atoms with Crippen molar-refractivity contribution in [1.29, 1.82) is 0 Å². The van der Waals surface area contributed by atoms with E-state index in [1.807, 2.05) is 11.0 Å². The van der Waals surface area contributed by atoms with Crippen molar-refractivity contribution >= 4 is 22.8 Å². The van der Waals surface area contributed by atoms with Crippen molar-refractivity contribution in [3.63, 3.8) is 0 Å². The number of fused-ring (bicyclic) bond motifs is 1. The molecule has 2 fully saturated rings. The van der Waals surface area contributed by atoms with Gasteiger partial charge in [-0.3, -0.25) is 9.59 Å². The Morgan fingerprint density at radius 2 is 1.94 bits per heavy atom. The molecule has 2 aliphatic heterocycles. The van der Waals surface area contributed by atoms with Crippen LogP contribution in [0.25, 0.3) is 11.0 Å². The number of anilines is 1. The molecule has 1 aromatic heterocycles. The average Bonchev–Trinajstić information content (AvgIpc) is 3.34. The zero-order chi connectivity index (χ0) is 23.9. The molecule has 2 aromatic carbocycles. The van der Waals surface area contributed by atoms with E-state index in [9.17, 15) is 14.0 Å². The van der Waals surface area contributed by atoms with Crippen LogP contribution in [-0.2, 0) is 10.3 Å². The molecule has 2 aliphatic rings. The van der Waals surface area contributed by atoms with Crippen LogP contribution in [0.4, 0.5) is 10.3 Å². The lowest BCUT2D eigenvalue weighted by Gasteiger charge is -2.33. The van der Waals surface area contributed by atoms with Crippen molar-refractivity contribution in [3.05, 3.63) is 75.2 Å². The van der Waals surface area contributed by atoms with E-state index in [2.05, 4.69) is 5.32 Å². The van der Waals surface area contributed by atoms with Crippen LogP contribution in [0, 0.1) is 5.82 Å². The Morgan fingerprint density at radius 3 is 2.62 bits per heavy atom. The lowest BCUT2D eigenvalue weighted by Crippen LogP contribution is -2.39. The first-order valence-corrected chi connectivity index (χ1v) is 11.6. The SMILES string of the molecule is CN(C)C(=O)c1cc([C@@]2(c3cccc(F)c3)CCCN2)c2oc(N3CCOCC3)cc(=O)c2c1. The highest BCUT2D eigenvalue weighted by molar-refractivity contribution is 5.99. The fourth-order valence-electron chi connectivity index (χ4n) is 5.01. The molecule has 7 nitrogen and oxygen atoms in total. The number of ether oxygens (including phenoxy) is 1. The van der Waals surface area contributed by atoms with Crippen LogP contribution in [0.2, 0.25) is 0 Å². The quantitative estimate of drug-likeness (QED) is 0.638. The van der Waals surface area contributed by atoms with E-state index in [0.717, 1.165) is 18.5 Å². The van der Waals surface area contributed by atoms with Crippen molar-refractivity contribution in [3.8, 4) is 0 Å². The number of morpholine rings is 1. The minimum absolute atomic E-state index is 0.216. The van der Waals surface area contributed by atoms with Crippen LogP contribution in [0.15, 0.2) is 51.7 Å². The first kappa shape index (κ1) is 22.6. The standard InChI is InChI=1S/C26H28FN3O4/c1-29(2)25(32)17-13-20-22(31)16-23(30-9-11-33-12-10-30)34-24(20)21(14-17)26(7-4-8-28-26)18-5-3-6-19(27)15-18/h3,5-6,13-16,28H,4,7-12H2,1-2H3/t26-/m0/s1. The topological polar surface area (TPSA) is 75.0 Å². The van der Waals surface area contributed by atoms with Gasteiger partial charge < -0.3 is 24.3 Å². The van der Waals surface area contributed by atoms with Gasteiger partial charge in [0.2, 0.25) is 0 Å². The first-order valence-electron chi connectivity index (χ1n) is 11.6. The average molecular weight is 466 g/mol. The Kier molecular flexibility index (Phi) is 5.87. The van der Waals surface area contributed by atoms with Crippen LogP contribution in [0.3, 0.4) is 0 Å². The summed E-state index contributed by atoms with van der Waals surface area (Å²) in [5, 5.41) is 3.89. The maximum atomic E-state index is 14.3. The molecule has 0 aliphatic carbocycles. The summed E-state index contributed by atoms with van der Waals surface area (Å²) in [6, 6.07) is 11.3. The van der Waals surface area contributed by atoms with Crippen LogP contribution < -0.4 is 15.6 Å². The van der Waals surface area contributed by atoms with Gasteiger partial charge in [-0.15, -0.1) is 0 Å². The second-order valence-corrected chi connectivity index (χ2v) is 9.09. The number of nitrogens with zero attached hydrogens (tertiary/aromatic N) is 2. The van der Waals surface area contributed by atoms with Gasteiger partial charge in [-0.2, -0.15) is 0 Å². The smallest absolute Gasteiger partial charge is 0.253 e. The number of amides is 1. The highest BCUT2D eigenvalue weighted by atomic mass is 19.1. The van der Waals surface area contributed by atoms with Crippen molar-refractivity contribution in [1.82, 2.24) is 10.2 Å². The monoisotopic (exact) mass is 465 g/mol. The minimum Gasteiger partial charge on any atom is -0.440 e. The summed E-state index contributed by atoms with van der Waals surface area (Å²) < 4.78 is 26.2. The number of halogens is 1. The highest BCUT2D eigenvalue weighted by Gasteiger charge is 2.40. The molecule has 0 radical (unpaired) electrons. The number of rotatable bonds is 4. The number of benzene rings is 2. The minimum atomic E-state index is -0.789. The summed E-state index contributed by atoms with van der Waals surface area (Å²) in [5.74, 6) is -0.0841. The molecule has 2 saturated heterocycles. The van der Waals surface area contributed by atoms with Gasteiger partial charge in [0, 0.05) is 44.4 Å². The third-order valence-corrected chi connectivity index (χ3v) is 6.72. The Labute approximate surface area is 197 Å². The summed E-state index contributed by atoms with van der Waals surface area (Å²) in [4.78, 5) is 29.8. The van der Waals surface area contributed by atoms with E-state index < -0.39 is 5.54 Å². The van der Waals surface area contributed by atoms with Gasteiger partial charge >= 0.3 is 0 Å². The zero-order valence-electron chi connectivity index (χ0n) is 19.4. The predicted octanol–water partition coefficient (Wildman–Crippen LogP) is 3.10. The van der Waals surface area contributed by atoms with Crippen molar-refractivity contribution in [2.45, 2.75) is 18.4 Å². The molecule has 0 unspecified atom stereocenters. The van der Waals surface area contributed by atoms with Gasteiger partial charge in [-0.25, -0.2) is 4.39 Å². The number of hydrogen-bond donors (Lipinski definition) is 1. The van der Waals surface area contributed by atoms with Crippen LogP contribution >= 0.6 is 0 Å². The van der Waals surface area contributed by atoms with E-state index in [4.69, 9.17) is 9.15 Å². The summed E-state index contributed by atoms with van der Waals surface area (Å²) in [5.41, 5.74) is 1.21. The summed E-state index contributed by atoms with van der Waals surface area (Å²) in [7, 11) is 3.35. The molecule has 5 rings (SSSR count). The van der Waals surface area contributed by atoms with Gasteiger partial charge in [0.25, 0.3) is 5.91 Å². The largest absolute Gasteiger partial charge is 0.440 e. The maximum absolute atomic E-state index is 14.3. The molecule has 0 bridgehead atoms. The predicted molar refractivity (Wildman–Crippen MR) is 128 cm³/mol. The van der Waals surface area contributed by atoms with Crippen molar-refractivity contribution in [2.24, 2.45) is 0 Å². The summed E-state index contributed by atoms with van der Waals surface area (Å²) in [6.07, 6.45) is 1.54. The molecule has 3 heterocycles.